The van der Waals surface area contributed by atoms with Gasteiger partial charge in [0.15, 0.2) is 11.5 Å². The lowest BCUT2D eigenvalue weighted by Crippen LogP contribution is -2.42. The number of carboxylic acids is 1. The topological polar surface area (TPSA) is 55.8 Å². The molecule has 0 aliphatic heterocycles. The molecular formula is C14H17FO4S. The minimum atomic E-state index is -1.06. The normalized spacial score (nSPS) is 16.4. The predicted molar refractivity (Wildman–Crippen MR) is 74.4 cm³/mol. The number of carbonyl (C=O) groups is 1. The van der Waals surface area contributed by atoms with Gasteiger partial charge in [0.1, 0.15) is 5.82 Å². The Morgan fingerprint density at radius 3 is 2.30 bits per heavy atom. The van der Waals surface area contributed by atoms with Crippen LogP contribution in [0.5, 0.6) is 11.5 Å². The maximum absolute atomic E-state index is 14.2. The van der Waals surface area contributed by atoms with Crippen molar-refractivity contribution in [3.05, 3.63) is 17.4 Å². The molecule has 1 saturated carbocycles. The number of rotatable bonds is 5. The molecule has 110 valence electrons. The Labute approximate surface area is 121 Å². The average Bonchev–Trinajstić information content (AvgIpc) is 2.36. The second-order valence-electron chi connectivity index (χ2n) is 4.75. The summed E-state index contributed by atoms with van der Waals surface area (Å²) in [7, 11) is 2.87. The van der Waals surface area contributed by atoms with Gasteiger partial charge in [0.25, 0.3) is 0 Å². The number of carboxylic acid groups (broad SMARTS) is 1. The van der Waals surface area contributed by atoms with E-state index in [0.29, 0.717) is 29.1 Å². The molecule has 1 aromatic carbocycles. The maximum Gasteiger partial charge on any atom is 0.314 e. The van der Waals surface area contributed by atoms with Crippen LogP contribution in [0.25, 0.3) is 0 Å². The summed E-state index contributed by atoms with van der Waals surface area (Å²) in [5, 5.41) is 9.51. The van der Waals surface area contributed by atoms with E-state index in [1.54, 1.807) is 6.26 Å². The smallest absolute Gasteiger partial charge is 0.314 e. The first-order valence-electron chi connectivity index (χ1n) is 6.24. The van der Waals surface area contributed by atoms with Crippen LogP contribution in [0.15, 0.2) is 11.0 Å². The first-order chi connectivity index (χ1) is 9.51. The van der Waals surface area contributed by atoms with Crippen molar-refractivity contribution >= 4 is 17.7 Å². The Morgan fingerprint density at radius 1 is 1.35 bits per heavy atom. The zero-order valence-corrected chi connectivity index (χ0v) is 12.5. The van der Waals surface area contributed by atoms with Crippen LogP contribution >= 0.6 is 11.8 Å². The van der Waals surface area contributed by atoms with Gasteiger partial charge in [-0.05, 0) is 25.2 Å². The molecule has 1 aliphatic carbocycles. The molecule has 6 heteroatoms. The Bertz CT molecular complexity index is 540. The van der Waals surface area contributed by atoms with Gasteiger partial charge >= 0.3 is 5.97 Å². The summed E-state index contributed by atoms with van der Waals surface area (Å²) in [5.74, 6) is -0.832. The first-order valence-corrected chi connectivity index (χ1v) is 7.46. The Hall–Kier alpha value is -1.43. The summed E-state index contributed by atoms with van der Waals surface area (Å²) in [6, 6.07) is 1.28. The Balaban J connectivity index is 2.70. The third kappa shape index (κ3) is 2.02. The van der Waals surface area contributed by atoms with Gasteiger partial charge in [-0.1, -0.05) is 6.42 Å². The van der Waals surface area contributed by atoms with E-state index in [1.807, 2.05) is 0 Å². The van der Waals surface area contributed by atoms with Crippen molar-refractivity contribution in [2.75, 3.05) is 20.5 Å². The van der Waals surface area contributed by atoms with Crippen molar-refractivity contribution in [2.24, 2.45) is 0 Å². The van der Waals surface area contributed by atoms with Crippen LogP contribution in [0, 0.1) is 5.82 Å². The number of ether oxygens (including phenoxy) is 2. The first kappa shape index (κ1) is 15.0. The van der Waals surface area contributed by atoms with Crippen LogP contribution in [0.3, 0.4) is 0 Å². The number of halogens is 1. The molecule has 0 unspecified atom stereocenters. The summed E-state index contributed by atoms with van der Waals surface area (Å²) in [4.78, 5) is 11.9. The third-order valence-corrected chi connectivity index (χ3v) is 4.68. The molecule has 4 nitrogen and oxygen atoms in total. The van der Waals surface area contributed by atoms with Crippen molar-refractivity contribution < 1.29 is 23.8 Å². The molecule has 1 fully saturated rings. The monoisotopic (exact) mass is 300 g/mol. The van der Waals surface area contributed by atoms with E-state index in [0.717, 1.165) is 6.42 Å². The number of methoxy groups -OCH3 is 2. The van der Waals surface area contributed by atoms with Crippen LogP contribution in [-0.4, -0.2) is 31.6 Å². The van der Waals surface area contributed by atoms with Crippen molar-refractivity contribution in [2.45, 2.75) is 29.6 Å². The summed E-state index contributed by atoms with van der Waals surface area (Å²) in [6.07, 6.45) is 3.51. The highest BCUT2D eigenvalue weighted by atomic mass is 32.2. The van der Waals surface area contributed by atoms with Crippen LogP contribution in [-0.2, 0) is 10.2 Å². The molecule has 1 N–H and O–H groups in total. The van der Waals surface area contributed by atoms with E-state index in [9.17, 15) is 14.3 Å². The fraction of sp³-hybridized carbons (Fsp3) is 0.500. The van der Waals surface area contributed by atoms with Gasteiger partial charge in [0, 0.05) is 5.56 Å². The molecule has 1 aromatic rings. The van der Waals surface area contributed by atoms with Gasteiger partial charge < -0.3 is 14.6 Å². The largest absolute Gasteiger partial charge is 0.492 e. The van der Waals surface area contributed by atoms with Crippen LogP contribution < -0.4 is 9.47 Å². The SMILES string of the molecule is COc1c(C2(C(=O)O)CCC2)cc(F)c(SC)c1OC. The Kier molecular flexibility index (Phi) is 4.13. The van der Waals surface area contributed by atoms with E-state index in [-0.39, 0.29) is 5.75 Å². The highest BCUT2D eigenvalue weighted by Gasteiger charge is 2.49. The number of benzene rings is 1. The minimum absolute atomic E-state index is 0.266. The van der Waals surface area contributed by atoms with Crippen molar-refractivity contribution in [3.63, 3.8) is 0 Å². The molecule has 0 saturated heterocycles. The quantitative estimate of drug-likeness (QED) is 0.847. The van der Waals surface area contributed by atoms with E-state index < -0.39 is 17.2 Å². The van der Waals surface area contributed by atoms with E-state index in [4.69, 9.17) is 9.47 Å². The number of hydrogen-bond acceptors (Lipinski definition) is 4. The molecule has 1 aliphatic rings. The van der Waals surface area contributed by atoms with Gasteiger partial charge in [0.05, 0.1) is 24.5 Å². The number of hydrogen-bond donors (Lipinski definition) is 1. The lowest BCUT2D eigenvalue weighted by molar-refractivity contribution is -0.147. The van der Waals surface area contributed by atoms with Crippen molar-refractivity contribution in [3.8, 4) is 11.5 Å². The highest BCUT2D eigenvalue weighted by Crippen LogP contribution is 2.52. The lowest BCUT2D eigenvalue weighted by Gasteiger charge is -2.39. The van der Waals surface area contributed by atoms with Gasteiger partial charge in [-0.2, -0.15) is 0 Å². The maximum atomic E-state index is 14.2. The summed E-state index contributed by atoms with van der Waals surface area (Å²) < 4.78 is 24.8. The van der Waals surface area contributed by atoms with Crippen LogP contribution in [0.1, 0.15) is 24.8 Å². The van der Waals surface area contributed by atoms with Crippen LogP contribution in [0.4, 0.5) is 4.39 Å². The number of thioether (sulfide) groups is 1. The Morgan fingerprint density at radius 2 is 1.95 bits per heavy atom. The zero-order valence-electron chi connectivity index (χ0n) is 11.7. The second kappa shape index (κ2) is 5.52. The molecule has 20 heavy (non-hydrogen) atoms. The van der Waals surface area contributed by atoms with Gasteiger partial charge in [0.2, 0.25) is 0 Å². The lowest BCUT2D eigenvalue weighted by atomic mass is 9.64. The van der Waals surface area contributed by atoms with Crippen molar-refractivity contribution in [1.82, 2.24) is 0 Å². The molecule has 0 atom stereocenters. The molecule has 0 radical (unpaired) electrons. The molecule has 2 rings (SSSR count). The molecule has 0 heterocycles. The average molecular weight is 300 g/mol. The van der Waals surface area contributed by atoms with Gasteiger partial charge in [-0.3, -0.25) is 4.79 Å². The molecule has 0 spiro atoms. The summed E-state index contributed by atoms with van der Waals surface area (Å²) >= 11 is 1.20. The van der Waals surface area contributed by atoms with Gasteiger partial charge in [-0.25, -0.2) is 4.39 Å². The standard InChI is InChI=1S/C14H17FO4S/c1-18-10-8(14(13(16)17)5-4-6-14)7-9(15)12(20-3)11(10)19-2/h7H,4-6H2,1-3H3,(H,16,17). The van der Waals surface area contributed by atoms with Crippen molar-refractivity contribution in [1.29, 1.82) is 0 Å². The van der Waals surface area contributed by atoms with Gasteiger partial charge in [-0.15, -0.1) is 11.8 Å². The third-order valence-electron chi connectivity index (χ3n) is 3.89. The minimum Gasteiger partial charge on any atom is -0.492 e. The fourth-order valence-electron chi connectivity index (χ4n) is 2.65. The molecule has 0 bridgehead atoms. The zero-order chi connectivity index (χ0) is 14.9. The highest BCUT2D eigenvalue weighted by molar-refractivity contribution is 7.98. The molecule has 0 aromatic heterocycles. The van der Waals surface area contributed by atoms with Crippen LogP contribution in [0.2, 0.25) is 0 Å². The fourth-order valence-corrected chi connectivity index (χ4v) is 3.27. The molecular weight excluding hydrogens is 283 g/mol. The predicted octanol–water partition coefficient (Wildman–Crippen LogP) is 3.07. The van der Waals surface area contributed by atoms with E-state index in [2.05, 4.69) is 0 Å². The second-order valence-corrected chi connectivity index (χ2v) is 5.56. The summed E-state index contributed by atoms with van der Waals surface area (Å²) in [6.45, 7) is 0. The number of aliphatic carboxylic acids is 1. The van der Waals surface area contributed by atoms with E-state index in [1.165, 1.54) is 32.0 Å². The molecule has 0 amide bonds. The van der Waals surface area contributed by atoms with E-state index >= 15 is 0 Å². The summed E-state index contributed by atoms with van der Waals surface area (Å²) in [5.41, 5.74) is -0.693.